The smallest absolute Gasteiger partial charge is 0.146 e. The Kier molecular flexibility index (Phi) is 4.64. The standard InChI is InChI=1S/C13H16N2O2S/c1-3-16-12-5-4-11(14-7-12)8-18-9-13-6-10(2)15-17-13/h4-7H,3,8-9H2,1-2H3. The van der Waals surface area contributed by atoms with Gasteiger partial charge in [-0.2, -0.15) is 0 Å². The molecule has 2 rings (SSSR count). The Morgan fingerprint density at radius 2 is 2.22 bits per heavy atom. The van der Waals surface area contributed by atoms with Crippen molar-refractivity contribution in [2.45, 2.75) is 25.4 Å². The van der Waals surface area contributed by atoms with Crippen molar-refractivity contribution in [3.63, 3.8) is 0 Å². The number of ether oxygens (including phenoxy) is 1. The number of rotatable bonds is 6. The van der Waals surface area contributed by atoms with Crippen molar-refractivity contribution in [3.8, 4) is 5.75 Å². The van der Waals surface area contributed by atoms with Crippen LogP contribution in [0.25, 0.3) is 0 Å². The fourth-order valence-corrected chi connectivity index (χ4v) is 2.31. The highest BCUT2D eigenvalue weighted by atomic mass is 32.2. The maximum Gasteiger partial charge on any atom is 0.146 e. The van der Waals surface area contributed by atoms with Gasteiger partial charge >= 0.3 is 0 Å². The molecule has 18 heavy (non-hydrogen) atoms. The van der Waals surface area contributed by atoms with E-state index in [2.05, 4.69) is 10.1 Å². The van der Waals surface area contributed by atoms with E-state index in [0.717, 1.165) is 34.4 Å². The summed E-state index contributed by atoms with van der Waals surface area (Å²) in [6.07, 6.45) is 1.76. The zero-order valence-electron chi connectivity index (χ0n) is 10.5. The van der Waals surface area contributed by atoms with E-state index in [9.17, 15) is 0 Å². The van der Waals surface area contributed by atoms with Gasteiger partial charge in [-0.15, -0.1) is 11.8 Å². The average Bonchev–Trinajstić information content (AvgIpc) is 2.78. The summed E-state index contributed by atoms with van der Waals surface area (Å²) in [6.45, 7) is 4.55. The zero-order valence-corrected chi connectivity index (χ0v) is 11.4. The van der Waals surface area contributed by atoms with Gasteiger partial charge in [0, 0.05) is 11.8 Å². The van der Waals surface area contributed by atoms with Gasteiger partial charge in [-0.1, -0.05) is 5.16 Å². The van der Waals surface area contributed by atoms with Gasteiger partial charge in [-0.25, -0.2) is 0 Å². The second-order valence-electron chi connectivity index (χ2n) is 3.85. The third-order valence-corrected chi connectivity index (χ3v) is 3.27. The SMILES string of the molecule is CCOc1ccc(CSCc2cc(C)no2)nc1. The average molecular weight is 264 g/mol. The number of thioether (sulfide) groups is 1. The van der Waals surface area contributed by atoms with Gasteiger partial charge in [0.15, 0.2) is 0 Å². The van der Waals surface area contributed by atoms with Crippen molar-refractivity contribution in [2.75, 3.05) is 6.61 Å². The Balaban J connectivity index is 1.79. The van der Waals surface area contributed by atoms with Crippen LogP contribution < -0.4 is 4.74 Å². The molecule has 0 aliphatic rings. The molecule has 0 unspecified atom stereocenters. The summed E-state index contributed by atoms with van der Waals surface area (Å²) in [7, 11) is 0. The fraction of sp³-hybridized carbons (Fsp3) is 0.385. The highest BCUT2D eigenvalue weighted by molar-refractivity contribution is 7.97. The van der Waals surface area contributed by atoms with Crippen molar-refractivity contribution in [3.05, 3.63) is 41.5 Å². The minimum absolute atomic E-state index is 0.667. The lowest BCUT2D eigenvalue weighted by atomic mass is 10.4. The lowest BCUT2D eigenvalue weighted by molar-refractivity contribution is 0.338. The largest absolute Gasteiger partial charge is 0.492 e. The summed E-state index contributed by atoms with van der Waals surface area (Å²) in [4.78, 5) is 4.34. The van der Waals surface area contributed by atoms with Crippen LogP contribution in [0.5, 0.6) is 5.75 Å². The van der Waals surface area contributed by atoms with Crippen LogP contribution in [0.2, 0.25) is 0 Å². The number of nitrogens with zero attached hydrogens (tertiary/aromatic N) is 2. The van der Waals surface area contributed by atoms with E-state index in [4.69, 9.17) is 9.26 Å². The van der Waals surface area contributed by atoms with Crippen LogP contribution in [-0.4, -0.2) is 16.7 Å². The number of aryl methyl sites for hydroxylation is 1. The first-order chi connectivity index (χ1) is 8.78. The van der Waals surface area contributed by atoms with Crippen molar-refractivity contribution < 1.29 is 9.26 Å². The highest BCUT2D eigenvalue weighted by Gasteiger charge is 2.02. The molecule has 4 nitrogen and oxygen atoms in total. The molecule has 0 saturated carbocycles. The number of hydrogen-bond donors (Lipinski definition) is 0. The zero-order chi connectivity index (χ0) is 12.8. The first-order valence-corrected chi connectivity index (χ1v) is 7.01. The minimum Gasteiger partial charge on any atom is -0.492 e. The maximum absolute atomic E-state index is 5.34. The fourth-order valence-electron chi connectivity index (χ4n) is 1.49. The lowest BCUT2D eigenvalue weighted by Gasteiger charge is -2.03. The van der Waals surface area contributed by atoms with Crippen molar-refractivity contribution >= 4 is 11.8 Å². The van der Waals surface area contributed by atoms with Crippen molar-refractivity contribution in [2.24, 2.45) is 0 Å². The predicted molar refractivity (Wildman–Crippen MR) is 71.6 cm³/mol. The molecular weight excluding hydrogens is 248 g/mol. The lowest BCUT2D eigenvalue weighted by Crippen LogP contribution is -1.93. The summed E-state index contributed by atoms with van der Waals surface area (Å²) < 4.78 is 10.5. The molecule has 0 aliphatic heterocycles. The van der Waals surface area contributed by atoms with E-state index >= 15 is 0 Å². The number of hydrogen-bond acceptors (Lipinski definition) is 5. The predicted octanol–water partition coefficient (Wildman–Crippen LogP) is 3.21. The number of aromatic nitrogens is 2. The van der Waals surface area contributed by atoms with Crippen LogP contribution >= 0.6 is 11.8 Å². The molecule has 0 N–H and O–H groups in total. The van der Waals surface area contributed by atoms with E-state index in [0.29, 0.717) is 6.61 Å². The second-order valence-corrected chi connectivity index (χ2v) is 4.83. The summed E-state index contributed by atoms with van der Waals surface area (Å²) >= 11 is 1.75. The quantitative estimate of drug-likeness (QED) is 0.801. The molecule has 2 aromatic rings. The molecule has 0 spiro atoms. The van der Waals surface area contributed by atoms with Crippen molar-refractivity contribution in [1.29, 1.82) is 0 Å². The van der Waals surface area contributed by atoms with E-state index in [-0.39, 0.29) is 0 Å². The van der Waals surface area contributed by atoms with Crippen LogP contribution in [0, 0.1) is 6.92 Å². The molecule has 5 heteroatoms. The minimum atomic E-state index is 0.667. The summed E-state index contributed by atoms with van der Waals surface area (Å²) in [5.74, 6) is 3.39. The molecule has 0 saturated heterocycles. The number of pyridine rings is 1. The van der Waals surface area contributed by atoms with E-state index in [1.165, 1.54) is 0 Å². The Hall–Kier alpha value is -1.49. The Morgan fingerprint density at radius 1 is 1.33 bits per heavy atom. The van der Waals surface area contributed by atoms with Crippen LogP contribution in [0.4, 0.5) is 0 Å². The van der Waals surface area contributed by atoms with Crippen LogP contribution in [0.3, 0.4) is 0 Å². The molecule has 2 heterocycles. The molecule has 2 aromatic heterocycles. The van der Waals surface area contributed by atoms with Crippen LogP contribution in [0.1, 0.15) is 24.1 Å². The normalized spacial score (nSPS) is 10.6. The van der Waals surface area contributed by atoms with E-state index in [1.807, 2.05) is 32.0 Å². The summed E-state index contributed by atoms with van der Waals surface area (Å²) in [5, 5.41) is 3.85. The molecular formula is C13H16N2O2S. The molecule has 0 fully saturated rings. The third kappa shape index (κ3) is 3.77. The van der Waals surface area contributed by atoms with Gasteiger partial charge in [0.25, 0.3) is 0 Å². The van der Waals surface area contributed by atoms with Gasteiger partial charge in [-0.3, -0.25) is 4.98 Å². The molecule has 0 amide bonds. The maximum atomic E-state index is 5.34. The Bertz CT molecular complexity index is 482. The van der Waals surface area contributed by atoms with Gasteiger partial charge in [0.05, 0.1) is 29.9 Å². The van der Waals surface area contributed by atoms with E-state index in [1.54, 1.807) is 18.0 Å². The Morgan fingerprint density at radius 3 is 2.83 bits per heavy atom. The highest BCUT2D eigenvalue weighted by Crippen LogP contribution is 2.18. The summed E-state index contributed by atoms with van der Waals surface area (Å²) in [5.41, 5.74) is 1.96. The first kappa shape index (κ1) is 13.0. The second kappa shape index (κ2) is 6.44. The van der Waals surface area contributed by atoms with Crippen LogP contribution in [0.15, 0.2) is 28.9 Å². The molecule has 0 radical (unpaired) electrons. The molecule has 0 aliphatic carbocycles. The molecule has 0 aromatic carbocycles. The topological polar surface area (TPSA) is 48.2 Å². The van der Waals surface area contributed by atoms with Gasteiger partial charge < -0.3 is 9.26 Å². The molecule has 0 bridgehead atoms. The molecule has 96 valence electrons. The van der Waals surface area contributed by atoms with Gasteiger partial charge in [0.1, 0.15) is 11.5 Å². The monoisotopic (exact) mass is 264 g/mol. The van der Waals surface area contributed by atoms with Crippen molar-refractivity contribution in [1.82, 2.24) is 10.1 Å². The third-order valence-electron chi connectivity index (χ3n) is 2.28. The van der Waals surface area contributed by atoms with Crippen LogP contribution in [-0.2, 0) is 11.5 Å². The Labute approximate surface area is 111 Å². The molecule has 0 atom stereocenters. The van der Waals surface area contributed by atoms with Gasteiger partial charge in [-0.05, 0) is 26.0 Å². The van der Waals surface area contributed by atoms with Gasteiger partial charge in [0.2, 0.25) is 0 Å². The van der Waals surface area contributed by atoms with E-state index < -0.39 is 0 Å². The summed E-state index contributed by atoms with van der Waals surface area (Å²) in [6, 6.07) is 5.90. The first-order valence-electron chi connectivity index (χ1n) is 5.85.